The van der Waals surface area contributed by atoms with Crippen LogP contribution in [0.1, 0.15) is 4.88 Å². The van der Waals surface area contributed by atoms with Gasteiger partial charge in [-0.05, 0) is 36.1 Å². The number of hydrogen-bond acceptors (Lipinski definition) is 4. The maximum atomic E-state index is 12.0. The molecule has 1 aromatic heterocycles. The molecule has 2 aromatic rings. The third-order valence-corrected chi connectivity index (χ3v) is 5.25. The normalized spacial score (nSPS) is 11.6. The average molecular weight is 317 g/mol. The van der Waals surface area contributed by atoms with E-state index in [1.165, 1.54) is 18.2 Å². The number of benzene rings is 1. The minimum absolute atomic E-state index is 0.123. The lowest BCUT2D eigenvalue weighted by Gasteiger charge is -2.07. The zero-order valence-corrected chi connectivity index (χ0v) is 12.4. The number of halogens is 1. The Balaban J connectivity index is 2.03. The van der Waals surface area contributed by atoms with Gasteiger partial charge in [-0.25, -0.2) is 13.1 Å². The second-order valence-electron chi connectivity index (χ2n) is 3.91. The largest absolute Gasteiger partial charge is 0.398 e. The monoisotopic (exact) mass is 316 g/mol. The minimum Gasteiger partial charge on any atom is -0.398 e. The lowest BCUT2D eigenvalue weighted by atomic mass is 10.3. The van der Waals surface area contributed by atoms with Crippen molar-refractivity contribution < 1.29 is 8.42 Å². The molecule has 0 aliphatic rings. The predicted molar refractivity (Wildman–Crippen MR) is 79.1 cm³/mol. The lowest BCUT2D eigenvalue weighted by Crippen LogP contribution is -2.25. The molecule has 2 rings (SSSR count). The highest BCUT2D eigenvalue weighted by atomic mass is 35.5. The second kappa shape index (κ2) is 5.92. The van der Waals surface area contributed by atoms with Crippen LogP contribution in [-0.2, 0) is 16.4 Å². The number of anilines is 1. The fourth-order valence-electron chi connectivity index (χ4n) is 1.52. The first-order chi connectivity index (χ1) is 8.99. The van der Waals surface area contributed by atoms with Crippen LogP contribution in [-0.4, -0.2) is 15.0 Å². The van der Waals surface area contributed by atoms with Gasteiger partial charge in [-0.15, -0.1) is 11.3 Å². The third kappa shape index (κ3) is 3.70. The Hall–Kier alpha value is -1.08. The van der Waals surface area contributed by atoms with Crippen molar-refractivity contribution in [3.63, 3.8) is 0 Å². The molecule has 1 heterocycles. The Morgan fingerprint density at radius 3 is 2.74 bits per heavy atom. The van der Waals surface area contributed by atoms with Crippen molar-refractivity contribution in [3.8, 4) is 0 Å². The molecule has 0 saturated carbocycles. The number of sulfonamides is 1. The minimum atomic E-state index is -3.54. The van der Waals surface area contributed by atoms with E-state index in [4.69, 9.17) is 17.3 Å². The molecular weight excluding hydrogens is 304 g/mol. The first-order valence-electron chi connectivity index (χ1n) is 5.56. The van der Waals surface area contributed by atoms with Gasteiger partial charge in [0, 0.05) is 11.4 Å². The molecule has 0 fully saturated rings. The molecule has 4 nitrogen and oxygen atoms in total. The van der Waals surface area contributed by atoms with E-state index < -0.39 is 10.0 Å². The van der Waals surface area contributed by atoms with Crippen LogP contribution in [0.3, 0.4) is 0 Å². The Morgan fingerprint density at radius 1 is 1.32 bits per heavy atom. The summed E-state index contributed by atoms with van der Waals surface area (Å²) in [5.41, 5.74) is 5.91. The first-order valence-corrected chi connectivity index (χ1v) is 8.30. The Morgan fingerprint density at radius 2 is 2.11 bits per heavy atom. The molecule has 0 saturated heterocycles. The zero-order valence-electron chi connectivity index (χ0n) is 9.97. The van der Waals surface area contributed by atoms with Crippen LogP contribution in [0.2, 0.25) is 5.02 Å². The summed E-state index contributed by atoms with van der Waals surface area (Å²) < 4.78 is 26.6. The molecule has 0 amide bonds. The van der Waals surface area contributed by atoms with Gasteiger partial charge in [-0.2, -0.15) is 0 Å². The van der Waals surface area contributed by atoms with Crippen molar-refractivity contribution in [3.05, 3.63) is 45.6 Å². The summed E-state index contributed by atoms with van der Waals surface area (Å²) in [6.45, 7) is 0.352. The first kappa shape index (κ1) is 14.3. The highest BCUT2D eigenvalue weighted by molar-refractivity contribution is 7.89. The topological polar surface area (TPSA) is 72.2 Å². The fourth-order valence-corrected chi connectivity index (χ4v) is 3.53. The van der Waals surface area contributed by atoms with Gasteiger partial charge in [-0.3, -0.25) is 0 Å². The van der Waals surface area contributed by atoms with Gasteiger partial charge in [0.25, 0.3) is 0 Å². The summed E-state index contributed by atoms with van der Waals surface area (Å²) in [6.07, 6.45) is 0.666. The van der Waals surface area contributed by atoms with Crippen molar-refractivity contribution >= 4 is 38.6 Å². The quantitative estimate of drug-likeness (QED) is 0.832. The van der Waals surface area contributed by atoms with E-state index in [0.29, 0.717) is 18.7 Å². The Labute approximate surface area is 121 Å². The molecule has 0 unspecified atom stereocenters. The van der Waals surface area contributed by atoms with E-state index in [9.17, 15) is 8.42 Å². The maximum Gasteiger partial charge on any atom is 0.240 e. The van der Waals surface area contributed by atoms with E-state index in [-0.39, 0.29) is 9.92 Å². The summed E-state index contributed by atoms with van der Waals surface area (Å²) in [5, 5.41) is 2.20. The number of rotatable bonds is 5. The van der Waals surface area contributed by atoms with Crippen LogP contribution in [0.5, 0.6) is 0 Å². The molecule has 0 aliphatic carbocycles. The highest BCUT2D eigenvalue weighted by Gasteiger charge is 2.14. The SMILES string of the molecule is Nc1ccc(S(=O)(=O)NCCc2cccs2)cc1Cl. The van der Waals surface area contributed by atoms with E-state index in [2.05, 4.69) is 4.72 Å². The van der Waals surface area contributed by atoms with Gasteiger partial charge in [0.1, 0.15) is 0 Å². The number of thiophene rings is 1. The average Bonchev–Trinajstić information content (AvgIpc) is 2.85. The van der Waals surface area contributed by atoms with Gasteiger partial charge in [0.05, 0.1) is 15.6 Å². The van der Waals surface area contributed by atoms with Crippen LogP contribution >= 0.6 is 22.9 Å². The van der Waals surface area contributed by atoms with Crippen molar-refractivity contribution in [1.82, 2.24) is 4.72 Å². The number of nitrogen functional groups attached to an aromatic ring is 1. The standard InChI is InChI=1S/C12H13ClN2O2S2/c13-11-8-10(3-4-12(11)14)19(16,17)15-6-5-9-2-1-7-18-9/h1-4,7-8,15H,5-6,14H2. The van der Waals surface area contributed by atoms with Crippen molar-refractivity contribution in [2.24, 2.45) is 0 Å². The van der Waals surface area contributed by atoms with Gasteiger partial charge in [0.2, 0.25) is 10.0 Å². The molecule has 1 aromatic carbocycles. The number of nitrogens with two attached hydrogens (primary N) is 1. The van der Waals surface area contributed by atoms with Crippen molar-refractivity contribution in [2.75, 3.05) is 12.3 Å². The smallest absolute Gasteiger partial charge is 0.240 e. The van der Waals surface area contributed by atoms with Crippen LogP contribution in [0.15, 0.2) is 40.6 Å². The van der Waals surface area contributed by atoms with Crippen LogP contribution in [0, 0.1) is 0 Å². The summed E-state index contributed by atoms with van der Waals surface area (Å²) in [6, 6.07) is 8.18. The fraction of sp³-hybridized carbons (Fsp3) is 0.167. The van der Waals surface area contributed by atoms with Crippen LogP contribution < -0.4 is 10.5 Å². The van der Waals surface area contributed by atoms with E-state index >= 15 is 0 Å². The van der Waals surface area contributed by atoms with Gasteiger partial charge in [-0.1, -0.05) is 17.7 Å². The number of nitrogens with one attached hydrogen (secondary N) is 1. The second-order valence-corrected chi connectivity index (χ2v) is 7.12. The third-order valence-electron chi connectivity index (χ3n) is 2.53. The summed E-state index contributed by atoms with van der Waals surface area (Å²) in [4.78, 5) is 1.26. The van der Waals surface area contributed by atoms with Crippen LogP contribution in [0.4, 0.5) is 5.69 Å². The lowest BCUT2D eigenvalue weighted by molar-refractivity contribution is 0.582. The van der Waals surface area contributed by atoms with Crippen molar-refractivity contribution in [1.29, 1.82) is 0 Å². The molecule has 0 radical (unpaired) electrons. The Kier molecular flexibility index (Phi) is 4.46. The molecule has 19 heavy (non-hydrogen) atoms. The van der Waals surface area contributed by atoms with Gasteiger partial charge >= 0.3 is 0 Å². The predicted octanol–water partition coefficient (Wildman–Crippen LogP) is 2.50. The summed E-state index contributed by atoms with van der Waals surface area (Å²) in [5.74, 6) is 0. The molecule has 0 spiro atoms. The van der Waals surface area contributed by atoms with Gasteiger partial charge in [0.15, 0.2) is 0 Å². The summed E-state index contributed by atoms with van der Waals surface area (Å²) >= 11 is 7.42. The maximum absolute atomic E-state index is 12.0. The molecule has 0 bridgehead atoms. The highest BCUT2D eigenvalue weighted by Crippen LogP contribution is 2.22. The zero-order chi connectivity index (χ0) is 13.9. The van der Waals surface area contributed by atoms with Crippen molar-refractivity contribution in [2.45, 2.75) is 11.3 Å². The Bertz CT molecular complexity index is 654. The molecule has 3 N–H and O–H groups in total. The van der Waals surface area contributed by atoms with E-state index in [0.717, 1.165) is 4.88 Å². The van der Waals surface area contributed by atoms with Gasteiger partial charge < -0.3 is 5.73 Å². The molecule has 0 aliphatic heterocycles. The molecule has 0 atom stereocenters. The summed E-state index contributed by atoms with van der Waals surface area (Å²) in [7, 11) is -3.54. The molecular formula is C12H13ClN2O2S2. The molecule has 7 heteroatoms. The van der Waals surface area contributed by atoms with E-state index in [1.54, 1.807) is 11.3 Å². The molecule has 102 valence electrons. The van der Waals surface area contributed by atoms with Crippen LogP contribution in [0.25, 0.3) is 0 Å². The van der Waals surface area contributed by atoms with E-state index in [1.807, 2.05) is 17.5 Å². The number of hydrogen-bond donors (Lipinski definition) is 2.